The molecule has 0 bridgehead atoms. The highest BCUT2D eigenvalue weighted by Crippen LogP contribution is 2.19. The molecule has 0 fully saturated rings. The van der Waals surface area contributed by atoms with Gasteiger partial charge in [-0.2, -0.15) is 0 Å². The number of furan rings is 2. The minimum atomic E-state index is -0.237. The molecule has 24 heavy (non-hydrogen) atoms. The summed E-state index contributed by atoms with van der Waals surface area (Å²) in [7, 11) is 0. The normalized spacial score (nSPS) is 14.7. The molecule has 0 aliphatic rings. The third kappa shape index (κ3) is 7.22. The minimum absolute atomic E-state index is 0.237. The van der Waals surface area contributed by atoms with Gasteiger partial charge in [0, 0.05) is 0 Å². The molecule has 0 radical (unpaired) electrons. The zero-order valence-corrected chi connectivity index (χ0v) is 14.9. The molecule has 0 aromatic carbocycles. The Labute approximate surface area is 145 Å². The lowest BCUT2D eigenvalue weighted by molar-refractivity contribution is 0.143. The van der Waals surface area contributed by atoms with E-state index in [4.69, 9.17) is 8.83 Å². The molecule has 0 saturated heterocycles. The summed E-state index contributed by atoms with van der Waals surface area (Å²) in [5.74, 6) is 0.547. The first-order valence-corrected chi connectivity index (χ1v) is 8.99. The van der Waals surface area contributed by atoms with Gasteiger partial charge in [0.25, 0.3) is 0 Å². The van der Waals surface area contributed by atoms with Gasteiger partial charge in [-0.15, -0.1) is 0 Å². The van der Waals surface area contributed by atoms with Gasteiger partial charge in [-0.05, 0) is 74.6 Å². The predicted molar refractivity (Wildman–Crippen MR) is 96.8 cm³/mol. The molecular weight excluding hydrogens is 300 g/mol. The number of aryl methyl sites for hydroxylation is 2. The Hall–Kier alpha value is -1.74. The minimum Gasteiger partial charge on any atom is -0.472 e. The molecule has 0 spiro atoms. The van der Waals surface area contributed by atoms with Crippen molar-refractivity contribution in [3.05, 3.63) is 60.0 Å². The second-order valence-electron chi connectivity index (χ2n) is 6.94. The topological polar surface area (TPSA) is 46.5 Å². The average molecular weight is 330 g/mol. The summed E-state index contributed by atoms with van der Waals surface area (Å²) in [6, 6.07) is 4.03. The second kappa shape index (κ2) is 10.2. The summed E-state index contributed by atoms with van der Waals surface area (Å²) in [6.45, 7) is 4.35. The van der Waals surface area contributed by atoms with Crippen LogP contribution in [0.4, 0.5) is 0 Å². The van der Waals surface area contributed by atoms with Gasteiger partial charge in [-0.1, -0.05) is 25.0 Å². The van der Waals surface area contributed by atoms with Crippen LogP contribution in [0, 0.1) is 5.92 Å². The summed E-state index contributed by atoms with van der Waals surface area (Å²) >= 11 is 0. The van der Waals surface area contributed by atoms with Crippen LogP contribution in [0.25, 0.3) is 0 Å². The maximum atomic E-state index is 10.3. The molecule has 3 heteroatoms. The number of rotatable bonds is 11. The van der Waals surface area contributed by atoms with E-state index in [0.717, 1.165) is 44.9 Å². The predicted octanol–water partition coefficient (Wildman–Crippen LogP) is 5.55. The molecule has 0 aliphatic heterocycles. The van der Waals surface area contributed by atoms with E-state index in [-0.39, 0.29) is 6.10 Å². The molecule has 132 valence electrons. The van der Waals surface area contributed by atoms with E-state index in [2.05, 4.69) is 19.9 Å². The molecule has 2 atom stereocenters. The SMILES string of the molecule is CC(=CCCc1ccoc1)C[C@@H](O)C[C@@H](C)CCCc1ccoc1. The molecule has 2 aromatic rings. The standard InChI is InChI=1S/C21H30O3/c1-17(5-3-7-19-9-11-23-15-19)13-21(22)14-18(2)6-4-8-20-10-12-24-16-20/h5,9-12,15-16,18,21-22H,3-4,6-8,13-14H2,1-2H3/t18-,21+/m0/s1. The van der Waals surface area contributed by atoms with Gasteiger partial charge in [-0.25, -0.2) is 0 Å². The van der Waals surface area contributed by atoms with E-state index < -0.39 is 0 Å². The van der Waals surface area contributed by atoms with Gasteiger partial charge in [0.2, 0.25) is 0 Å². The fraction of sp³-hybridized carbons (Fsp3) is 0.524. The first kappa shape index (κ1) is 18.6. The largest absolute Gasteiger partial charge is 0.472 e. The van der Waals surface area contributed by atoms with Crippen LogP contribution in [0.1, 0.15) is 57.1 Å². The summed E-state index contributed by atoms with van der Waals surface area (Å²) in [4.78, 5) is 0. The van der Waals surface area contributed by atoms with Gasteiger partial charge in [0.1, 0.15) is 0 Å². The smallest absolute Gasteiger partial charge is 0.0934 e. The van der Waals surface area contributed by atoms with E-state index in [9.17, 15) is 5.11 Å². The van der Waals surface area contributed by atoms with Crippen molar-refractivity contribution >= 4 is 0 Å². The molecule has 3 nitrogen and oxygen atoms in total. The molecule has 1 N–H and O–H groups in total. The molecular formula is C21H30O3. The summed E-state index contributed by atoms with van der Waals surface area (Å²) in [6.07, 6.45) is 16.0. The molecule has 2 aromatic heterocycles. The monoisotopic (exact) mass is 330 g/mol. The molecule has 0 unspecified atom stereocenters. The molecule has 0 aliphatic carbocycles. The van der Waals surface area contributed by atoms with Gasteiger partial charge in [0.05, 0.1) is 31.2 Å². The van der Waals surface area contributed by atoms with Crippen LogP contribution >= 0.6 is 0 Å². The highest BCUT2D eigenvalue weighted by atomic mass is 16.3. The maximum absolute atomic E-state index is 10.3. The molecule has 2 heterocycles. The van der Waals surface area contributed by atoms with Crippen LogP contribution in [-0.4, -0.2) is 11.2 Å². The van der Waals surface area contributed by atoms with E-state index >= 15 is 0 Å². The first-order chi connectivity index (χ1) is 11.6. The zero-order chi connectivity index (χ0) is 17.2. The highest BCUT2D eigenvalue weighted by molar-refractivity contribution is 5.08. The maximum Gasteiger partial charge on any atom is 0.0934 e. The Morgan fingerprint density at radius 3 is 2.42 bits per heavy atom. The zero-order valence-electron chi connectivity index (χ0n) is 14.9. The second-order valence-corrected chi connectivity index (χ2v) is 6.94. The summed E-state index contributed by atoms with van der Waals surface area (Å²) in [5, 5.41) is 10.3. The van der Waals surface area contributed by atoms with Crippen LogP contribution < -0.4 is 0 Å². The number of allylic oxidation sites excluding steroid dienone is 1. The van der Waals surface area contributed by atoms with Gasteiger partial charge >= 0.3 is 0 Å². The van der Waals surface area contributed by atoms with E-state index in [0.29, 0.717) is 5.92 Å². The average Bonchev–Trinajstić information content (AvgIpc) is 3.20. The third-order valence-corrected chi connectivity index (χ3v) is 4.48. The number of hydrogen-bond acceptors (Lipinski definition) is 3. The number of hydrogen-bond donors (Lipinski definition) is 1. The van der Waals surface area contributed by atoms with Crippen LogP contribution in [0.2, 0.25) is 0 Å². The lowest BCUT2D eigenvalue weighted by atomic mass is 9.93. The van der Waals surface area contributed by atoms with Crippen LogP contribution in [0.5, 0.6) is 0 Å². The highest BCUT2D eigenvalue weighted by Gasteiger charge is 2.11. The number of aliphatic hydroxyl groups excluding tert-OH is 1. The Morgan fingerprint density at radius 1 is 1.12 bits per heavy atom. The van der Waals surface area contributed by atoms with Crippen molar-refractivity contribution in [2.24, 2.45) is 5.92 Å². The van der Waals surface area contributed by atoms with Crippen LogP contribution in [0.3, 0.4) is 0 Å². The van der Waals surface area contributed by atoms with E-state index in [1.165, 1.54) is 16.7 Å². The lowest BCUT2D eigenvalue weighted by Gasteiger charge is -2.16. The Bertz CT molecular complexity index is 566. The van der Waals surface area contributed by atoms with Gasteiger partial charge < -0.3 is 13.9 Å². The van der Waals surface area contributed by atoms with Gasteiger partial charge in [-0.3, -0.25) is 0 Å². The van der Waals surface area contributed by atoms with E-state index in [1.807, 2.05) is 18.4 Å². The molecule has 0 saturated carbocycles. The molecule has 2 rings (SSSR count). The lowest BCUT2D eigenvalue weighted by Crippen LogP contribution is -2.12. The summed E-state index contributed by atoms with van der Waals surface area (Å²) in [5.41, 5.74) is 3.77. The van der Waals surface area contributed by atoms with Crippen molar-refractivity contribution in [2.75, 3.05) is 0 Å². The van der Waals surface area contributed by atoms with Crippen LogP contribution in [-0.2, 0) is 12.8 Å². The Morgan fingerprint density at radius 2 is 1.79 bits per heavy atom. The van der Waals surface area contributed by atoms with Crippen molar-refractivity contribution in [1.29, 1.82) is 0 Å². The number of aliphatic hydroxyl groups is 1. The van der Waals surface area contributed by atoms with E-state index in [1.54, 1.807) is 18.8 Å². The Kier molecular flexibility index (Phi) is 7.90. The van der Waals surface area contributed by atoms with Crippen molar-refractivity contribution in [1.82, 2.24) is 0 Å². The van der Waals surface area contributed by atoms with Crippen LogP contribution in [0.15, 0.2) is 57.7 Å². The Balaban J connectivity index is 1.59. The van der Waals surface area contributed by atoms with Crippen molar-refractivity contribution in [2.45, 2.75) is 64.9 Å². The van der Waals surface area contributed by atoms with Gasteiger partial charge in [0.15, 0.2) is 0 Å². The van der Waals surface area contributed by atoms with Crippen molar-refractivity contribution in [3.8, 4) is 0 Å². The quantitative estimate of drug-likeness (QED) is 0.549. The summed E-state index contributed by atoms with van der Waals surface area (Å²) < 4.78 is 10.2. The fourth-order valence-electron chi connectivity index (χ4n) is 3.13. The molecule has 0 amide bonds. The third-order valence-electron chi connectivity index (χ3n) is 4.48. The fourth-order valence-corrected chi connectivity index (χ4v) is 3.13. The van der Waals surface area contributed by atoms with Crippen molar-refractivity contribution in [3.63, 3.8) is 0 Å². The first-order valence-electron chi connectivity index (χ1n) is 8.99. The van der Waals surface area contributed by atoms with Crippen molar-refractivity contribution < 1.29 is 13.9 Å².